The minimum atomic E-state index is -1.50. The fourth-order valence-electron chi connectivity index (χ4n) is 5.61. The van der Waals surface area contributed by atoms with E-state index in [1.54, 1.807) is 19.4 Å². The fraction of sp³-hybridized carbons (Fsp3) is 0.448. The minimum Gasteiger partial charge on any atom is -0.497 e. The summed E-state index contributed by atoms with van der Waals surface area (Å²) in [6.07, 6.45) is 2.93. The summed E-state index contributed by atoms with van der Waals surface area (Å²) >= 11 is 0. The van der Waals surface area contributed by atoms with Gasteiger partial charge < -0.3 is 30.9 Å². The largest absolute Gasteiger partial charge is 0.497 e. The molecule has 0 bridgehead atoms. The van der Waals surface area contributed by atoms with Crippen LogP contribution in [0.2, 0.25) is 0 Å². The maximum absolute atomic E-state index is 13.5. The summed E-state index contributed by atoms with van der Waals surface area (Å²) in [5, 5.41) is 24.7. The van der Waals surface area contributed by atoms with Gasteiger partial charge in [-0.15, -0.1) is 0 Å². The number of pyridine rings is 1. The normalized spacial score (nSPS) is 16.1. The van der Waals surface area contributed by atoms with Crippen LogP contribution < -0.4 is 15.8 Å². The number of ether oxygens (including phenoxy) is 1. The number of aliphatic hydroxyl groups excluding tert-OH is 1. The molecule has 0 radical (unpaired) electrons. The first-order valence-electron chi connectivity index (χ1n) is 13.3. The van der Waals surface area contributed by atoms with Crippen molar-refractivity contribution >= 4 is 22.6 Å². The van der Waals surface area contributed by atoms with Crippen LogP contribution in [0.25, 0.3) is 10.9 Å². The zero-order valence-corrected chi connectivity index (χ0v) is 22.4. The number of anilines is 1. The lowest BCUT2D eigenvalue weighted by Gasteiger charge is -2.41. The third-order valence-electron chi connectivity index (χ3n) is 7.88. The van der Waals surface area contributed by atoms with Crippen molar-refractivity contribution in [1.82, 2.24) is 9.88 Å². The maximum atomic E-state index is 13.5. The number of nitrogens with one attached hydrogen (secondary N) is 1. The molecule has 1 aliphatic rings. The highest BCUT2D eigenvalue weighted by molar-refractivity contribution is 5.85. The summed E-state index contributed by atoms with van der Waals surface area (Å²) in [4.78, 5) is 18.4. The average Bonchev–Trinajstić information content (AvgIpc) is 2.94. The molecule has 0 aliphatic carbocycles. The van der Waals surface area contributed by atoms with Crippen molar-refractivity contribution in [2.75, 3.05) is 38.6 Å². The van der Waals surface area contributed by atoms with Gasteiger partial charge in [0.15, 0.2) is 17.5 Å². The van der Waals surface area contributed by atoms with Gasteiger partial charge in [0.25, 0.3) is 0 Å². The van der Waals surface area contributed by atoms with Crippen molar-refractivity contribution in [2.24, 2.45) is 11.1 Å². The van der Waals surface area contributed by atoms with Crippen LogP contribution in [0.5, 0.6) is 5.75 Å². The summed E-state index contributed by atoms with van der Waals surface area (Å²) in [7, 11) is 1.57. The highest BCUT2D eigenvalue weighted by atomic mass is 19.2. The molecule has 11 heteroatoms. The Morgan fingerprint density at radius 3 is 2.52 bits per heavy atom. The molecule has 0 spiro atoms. The van der Waals surface area contributed by atoms with E-state index in [4.69, 9.17) is 10.5 Å². The van der Waals surface area contributed by atoms with Gasteiger partial charge in [-0.05, 0) is 73.5 Å². The summed E-state index contributed by atoms with van der Waals surface area (Å²) < 4.78 is 45.5. The van der Waals surface area contributed by atoms with Crippen molar-refractivity contribution in [3.05, 3.63) is 65.1 Å². The Morgan fingerprint density at radius 2 is 1.90 bits per heavy atom. The van der Waals surface area contributed by atoms with Crippen LogP contribution in [-0.2, 0) is 11.3 Å². The van der Waals surface area contributed by atoms with Crippen LogP contribution in [0.1, 0.15) is 49.3 Å². The number of carbonyl (C=O) groups is 1. The van der Waals surface area contributed by atoms with Gasteiger partial charge in [0, 0.05) is 49.0 Å². The van der Waals surface area contributed by atoms with Gasteiger partial charge in [-0.25, -0.2) is 13.2 Å². The number of hydrogen-bond acceptors (Lipinski definition) is 7. The lowest BCUT2D eigenvalue weighted by molar-refractivity contribution is -0.141. The van der Waals surface area contributed by atoms with E-state index < -0.39 is 34.9 Å². The van der Waals surface area contributed by atoms with E-state index in [0.717, 1.165) is 23.1 Å². The molecule has 1 atom stereocenters. The van der Waals surface area contributed by atoms with Crippen molar-refractivity contribution in [3.63, 3.8) is 0 Å². The fourth-order valence-corrected chi connectivity index (χ4v) is 5.61. The lowest BCUT2D eigenvalue weighted by Crippen LogP contribution is -2.43. The second-order valence-corrected chi connectivity index (χ2v) is 10.4. The van der Waals surface area contributed by atoms with Crippen LogP contribution in [0.15, 0.2) is 36.5 Å². The molecule has 0 unspecified atom stereocenters. The second-order valence-electron chi connectivity index (χ2n) is 10.4. The zero-order chi connectivity index (χ0) is 28.9. The predicted octanol–water partition coefficient (Wildman–Crippen LogP) is 4.60. The third kappa shape index (κ3) is 6.83. The number of fused-ring (bicyclic) bond motifs is 1. The number of hydrogen-bond donors (Lipinski definition) is 4. The number of likely N-dealkylation sites (tertiary alicyclic amines) is 1. The molecule has 1 aromatic heterocycles. The molecule has 3 aromatic rings. The van der Waals surface area contributed by atoms with E-state index >= 15 is 0 Å². The monoisotopic (exact) mass is 560 g/mol. The smallest absolute Gasteiger partial charge is 0.303 e. The number of rotatable bonds is 12. The van der Waals surface area contributed by atoms with Crippen molar-refractivity contribution < 1.29 is 32.9 Å². The number of carboxylic acids is 1. The number of aliphatic hydroxyl groups is 1. The van der Waals surface area contributed by atoms with Gasteiger partial charge in [-0.1, -0.05) is 0 Å². The van der Waals surface area contributed by atoms with E-state index in [9.17, 15) is 28.2 Å². The van der Waals surface area contributed by atoms with E-state index in [2.05, 4.69) is 15.2 Å². The highest BCUT2D eigenvalue weighted by Crippen LogP contribution is 2.42. The predicted molar refractivity (Wildman–Crippen MR) is 146 cm³/mol. The molecule has 5 N–H and O–H groups in total. The van der Waals surface area contributed by atoms with Gasteiger partial charge >= 0.3 is 5.97 Å². The lowest BCUT2D eigenvalue weighted by atomic mass is 9.71. The first kappa shape index (κ1) is 29.6. The highest BCUT2D eigenvalue weighted by Gasteiger charge is 2.37. The van der Waals surface area contributed by atoms with Gasteiger partial charge in [0.05, 0.1) is 25.2 Å². The summed E-state index contributed by atoms with van der Waals surface area (Å²) in [6, 6.07) is 7.28. The number of piperidine rings is 1. The number of halogens is 3. The van der Waals surface area contributed by atoms with Gasteiger partial charge in [-0.3, -0.25) is 9.78 Å². The third-order valence-corrected chi connectivity index (χ3v) is 7.88. The van der Waals surface area contributed by atoms with Crippen molar-refractivity contribution in [3.8, 4) is 5.75 Å². The van der Waals surface area contributed by atoms with Gasteiger partial charge in [-0.2, -0.15) is 0 Å². The Hall–Kier alpha value is -3.41. The molecule has 40 heavy (non-hydrogen) atoms. The number of methoxy groups -OCH3 is 1. The maximum Gasteiger partial charge on any atom is 0.303 e. The minimum absolute atomic E-state index is 0.00535. The quantitative estimate of drug-likeness (QED) is 0.237. The van der Waals surface area contributed by atoms with Crippen LogP contribution in [0.4, 0.5) is 18.9 Å². The molecule has 0 amide bonds. The molecule has 0 saturated carbocycles. The molecular formula is C29H35F3N4O4. The molecule has 4 rings (SSSR count). The van der Waals surface area contributed by atoms with Crippen LogP contribution in [-0.4, -0.2) is 59.4 Å². The van der Waals surface area contributed by atoms with E-state index in [-0.39, 0.29) is 18.7 Å². The molecule has 8 nitrogen and oxygen atoms in total. The summed E-state index contributed by atoms with van der Waals surface area (Å²) in [5.74, 6) is -4.25. The first-order chi connectivity index (χ1) is 19.1. The Kier molecular flexibility index (Phi) is 9.49. The van der Waals surface area contributed by atoms with Gasteiger partial charge in [0.2, 0.25) is 0 Å². The van der Waals surface area contributed by atoms with Crippen LogP contribution in [0, 0.1) is 22.9 Å². The average molecular weight is 561 g/mol. The van der Waals surface area contributed by atoms with Crippen molar-refractivity contribution in [2.45, 2.75) is 44.8 Å². The molecule has 1 aliphatic heterocycles. The van der Waals surface area contributed by atoms with E-state index in [1.807, 2.05) is 12.1 Å². The number of aromatic nitrogens is 1. The SMILES string of the molecule is COc1ccc2ncc(CN)c([C@@H](O)CCC3(CC(=O)O)CCN(CCNc4cc(F)c(F)c(F)c4)CC3)c2c1. The topological polar surface area (TPSA) is 121 Å². The molecule has 2 heterocycles. The second kappa shape index (κ2) is 12.8. The molecular weight excluding hydrogens is 525 g/mol. The van der Waals surface area contributed by atoms with E-state index in [0.29, 0.717) is 68.7 Å². The number of benzene rings is 2. The number of nitrogens with two attached hydrogens (primary N) is 1. The Labute approximate surface area is 231 Å². The summed E-state index contributed by atoms with van der Waals surface area (Å²) in [5.41, 5.74) is 7.76. The molecule has 216 valence electrons. The number of aliphatic carboxylic acids is 1. The number of nitrogens with zero attached hydrogens (tertiary/aromatic N) is 2. The first-order valence-corrected chi connectivity index (χ1v) is 13.3. The van der Waals surface area contributed by atoms with Crippen LogP contribution >= 0.6 is 0 Å². The van der Waals surface area contributed by atoms with E-state index in [1.165, 1.54) is 0 Å². The standard InChI is InChI=1S/C29H35F3N4O4/c1-40-20-2-3-24-21(14-20)27(18(16-33)17-35-24)25(37)4-5-29(15-26(38)39)6-9-36(10-7-29)11-8-34-19-12-22(30)28(32)23(31)13-19/h2-3,12-14,17,25,34,37H,4-11,15-16,33H2,1H3,(H,38,39)/t25-/m0/s1. The van der Waals surface area contributed by atoms with Gasteiger partial charge in [0.1, 0.15) is 5.75 Å². The molecule has 2 aromatic carbocycles. The summed E-state index contributed by atoms with van der Waals surface area (Å²) in [6.45, 7) is 2.43. The Bertz CT molecular complexity index is 1320. The van der Waals surface area contributed by atoms with Crippen LogP contribution in [0.3, 0.4) is 0 Å². The molecule has 1 saturated heterocycles. The zero-order valence-electron chi connectivity index (χ0n) is 22.4. The number of carboxylic acid groups (broad SMARTS) is 1. The Balaban J connectivity index is 1.40. The van der Waals surface area contributed by atoms with Crippen molar-refractivity contribution in [1.29, 1.82) is 0 Å². The Morgan fingerprint density at radius 1 is 1.20 bits per heavy atom. The molecule has 1 fully saturated rings.